The van der Waals surface area contributed by atoms with Crippen LogP contribution >= 0.6 is 0 Å². The van der Waals surface area contributed by atoms with Crippen LogP contribution in [0.3, 0.4) is 0 Å². The highest BCUT2D eigenvalue weighted by atomic mass is 16.6. The highest BCUT2D eigenvalue weighted by Crippen LogP contribution is 2.35. The van der Waals surface area contributed by atoms with Gasteiger partial charge in [0.15, 0.2) is 13.2 Å². The molecule has 1 aliphatic carbocycles. The van der Waals surface area contributed by atoms with Gasteiger partial charge in [-0.15, -0.1) is 0 Å². The zero-order valence-electron chi connectivity index (χ0n) is 16.9. The van der Waals surface area contributed by atoms with E-state index in [1.165, 1.54) is 12.0 Å². The molecular weight excluding hydrogens is 344 g/mol. The lowest BCUT2D eigenvalue weighted by Crippen LogP contribution is -2.37. The van der Waals surface area contributed by atoms with Crippen molar-refractivity contribution in [2.75, 3.05) is 13.2 Å². The van der Waals surface area contributed by atoms with Crippen molar-refractivity contribution < 1.29 is 23.8 Å². The van der Waals surface area contributed by atoms with Gasteiger partial charge in [0.2, 0.25) is 0 Å². The van der Waals surface area contributed by atoms with Crippen LogP contribution in [0.5, 0.6) is 5.75 Å². The van der Waals surface area contributed by atoms with Crippen molar-refractivity contribution in [2.24, 2.45) is 17.8 Å². The summed E-state index contributed by atoms with van der Waals surface area (Å²) in [6.45, 7) is 7.98. The molecule has 0 bridgehead atoms. The smallest absolute Gasteiger partial charge is 0.344 e. The van der Waals surface area contributed by atoms with E-state index in [0.29, 0.717) is 23.5 Å². The monoisotopic (exact) mass is 376 g/mol. The minimum Gasteiger partial charge on any atom is -0.482 e. The normalized spacial score (nSPS) is 22.3. The summed E-state index contributed by atoms with van der Waals surface area (Å²) in [7, 11) is 0. The Kier molecular flexibility index (Phi) is 8.14. The van der Waals surface area contributed by atoms with Gasteiger partial charge in [-0.2, -0.15) is 0 Å². The molecule has 3 unspecified atom stereocenters. The van der Waals surface area contributed by atoms with Crippen LogP contribution in [0, 0.1) is 17.8 Å². The molecule has 0 saturated heterocycles. The number of ether oxygens (including phenoxy) is 3. The number of hydrogen-bond donors (Lipinski definition) is 0. The third kappa shape index (κ3) is 6.89. The SMILES string of the molecule is CCc1ccc(OCC(=O)OCC(=O)OC2CC(C)CCC2C(C)C)cc1. The molecule has 1 aromatic carbocycles. The maximum Gasteiger partial charge on any atom is 0.344 e. The van der Waals surface area contributed by atoms with Gasteiger partial charge in [-0.3, -0.25) is 0 Å². The molecule has 1 fully saturated rings. The molecule has 5 heteroatoms. The van der Waals surface area contributed by atoms with E-state index in [9.17, 15) is 9.59 Å². The molecule has 0 heterocycles. The lowest BCUT2D eigenvalue weighted by atomic mass is 9.75. The van der Waals surface area contributed by atoms with E-state index in [4.69, 9.17) is 14.2 Å². The Morgan fingerprint density at radius 1 is 1.07 bits per heavy atom. The van der Waals surface area contributed by atoms with Gasteiger partial charge < -0.3 is 14.2 Å². The standard InChI is InChI=1S/C22H32O5/c1-5-17-7-9-18(10-8-17)25-13-21(23)26-14-22(24)27-20-12-16(4)6-11-19(20)15(2)3/h7-10,15-16,19-20H,5-6,11-14H2,1-4H3. The van der Waals surface area contributed by atoms with Crippen LogP contribution in [-0.2, 0) is 25.5 Å². The molecule has 0 N–H and O–H groups in total. The van der Waals surface area contributed by atoms with Crippen molar-refractivity contribution in [1.82, 2.24) is 0 Å². The fourth-order valence-corrected chi connectivity index (χ4v) is 3.60. The van der Waals surface area contributed by atoms with Gasteiger partial charge >= 0.3 is 11.9 Å². The number of hydrogen-bond acceptors (Lipinski definition) is 5. The maximum absolute atomic E-state index is 12.1. The third-order valence-electron chi connectivity index (χ3n) is 5.28. The topological polar surface area (TPSA) is 61.8 Å². The first-order valence-electron chi connectivity index (χ1n) is 9.95. The Morgan fingerprint density at radius 2 is 1.78 bits per heavy atom. The second-order valence-corrected chi connectivity index (χ2v) is 7.80. The van der Waals surface area contributed by atoms with Crippen LogP contribution in [0.25, 0.3) is 0 Å². The van der Waals surface area contributed by atoms with Crippen LogP contribution < -0.4 is 4.74 Å². The summed E-state index contributed by atoms with van der Waals surface area (Å²) in [5, 5.41) is 0. The zero-order valence-corrected chi connectivity index (χ0v) is 16.9. The molecule has 1 saturated carbocycles. The first kappa shape index (κ1) is 21.3. The quantitative estimate of drug-likeness (QED) is 0.637. The lowest BCUT2D eigenvalue weighted by molar-refractivity contribution is -0.167. The van der Waals surface area contributed by atoms with Gasteiger partial charge in [-0.05, 0) is 54.7 Å². The van der Waals surface area contributed by atoms with E-state index in [-0.39, 0.29) is 19.3 Å². The Morgan fingerprint density at radius 3 is 2.41 bits per heavy atom. The summed E-state index contributed by atoms with van der Waals surface area (Å²) in [6.07, 6.45) is 3.97. The van der Waals surface area contributed by atoms with Crippen molar-refractivity contribution in [3.63, 3.8) is 0 Å². The summed E-state index contributed by atoms with van der Waals surface area (Å²) in [5.41, 5.74) is 1.20. The zero-order chi connectivity index (χ0) is 19.8. The molecule has 0 spiro atoms. The average molecular weight is 376 g/mol. The molecular formula is C22H32O5. The first-order chi connectivity index (χ1) is 12.9. The summed E-state index contributed by atoms with van der Waals surface area (Å²) in [5.74, 6) is 0.917. The molecule has 1 aromatic rings. The van der Waals surface area contributed by atoms with Crippen molar-refractivity contribution in [3.05, 3.63) is 29.8 Å². The Bertz CT molecular complexity index is 608. The molecule has 0 aliphatic heterocycles. The van der Waals surface area contributed by atoms with E-state index in [2.05, 4.69) is 27.7 Å². The highest BCUT2D eigenvalue weighted by Gasteiger charge is 2.33. The molecule has 0 radical (unpaired) electrons. The van der Waals surface area contributed by atoms with Crippen LogP contribution in [0.4, 0.5) is 0 Å². The molecule has 2 rings (SSSR count). The van der Waals surface area contributed by atoms with Gasteiger partial charge in [-0.1, -0.05) is 46.2 Å². The fraction of sp³-hybridized carbons (Fsp3) is 0.636. The first-order valence-corrected chi connectivity index (χ1v) is 9.95. The molecule has 3 atom stereocenters. The Labute approximate surface area is 162 Å². The van der Waals surface area contributed by atoms with Crippen molar-refractivity contribution in [2.45, 2.75) is 59.5 Å². The summed E-state index contributed by atoms with van der Waals surface area (Å²) in [4.78, 5) is 23.9. The highest BCUT2D eigenvalue weighted by molar-refractivity contribution is 5.77. The van der Waals surface area contributed by atoms with E-state index >= 15 is 0 Å². The van der Waals surface area contributed by atoms with Crippen LogP contribution in [0.15, 0.2) is 24.3 Å². The number of esters is 2. The minimum absolute atomic E-state index is 0.0896. The minimum atomic E-state index is -0.580. The van der Waals surface area contributed by atoms with E-state index in [0.717, 1.165) is 19.3 Å². The second kappa shape index (κ2) is 10.3. The van der Waals surface area contributed by atoms with Crippen molar-refractivity contribution in [3.8, 4) is 5.75 Å². The molecule has 27 heavy (non-hydrogen) atoms. The van der Waals surface area contributed by atoms with Gasteiger partial charge in [0.05, 0.1) is 0 Å². The maximum atomic E-state index is 12.1. The van der Waals surface area contributed by atoms with Gasteiger partial charge in [0.25, 0.3) is 0 Å². The largest absolute Gasteiger partial charge is 0.482 e. The van der Waals surface area contributed by atoms with Gasteiger partial charge in [0.1, 0.15) is 11.9 Å². The molecule has 1 aliphatic rings. The average Bonchev–Trinajstić information content (AvgIpc) is 2.65. The lowest BCUT2D eigenvalue weighted by Gasteiger charge is -2.36. The number of carbonyl (C=O) groups excluding carboxylic acids is 2. The predicted molar refractivity (Wildman–Crippen MR) is 103 cm³/mol. The molecule has 5 nitrogen and oxygen atoms in total. The Balaban J connectivity index is 1.72. The number of aryl methyl sites for hydroxylation is 1. The van der Waals surface area contributed by atoms with Crippen molar-refractivity contribution >= 4 is 11.9 Å². The number of rotatable bonds is 8. The number of benzene rings is 1. The summed E-state index contributed by atoms with van der Waals surface area (Å²) >= 11 is 0. The Hall–Kier alpha value is -2.04. The fourth-order valence-electron chi connectivity index (χ4n) is 3.60. The van der Waals surface area contributed by atoms with E-state index < -0.39 is 11.9 Å². The second-order valence-electron chi connectivity index (χ2n) is 7.80. The molecule has 150 valence electrons. The summed E-state index contributed by atoms with van der Waals surface area (Å²) in [6, 6.07) is 7.54. The van der Waals surface area contributed by atoms with Crippen molar-refractivity contribution in [1.29, 1.82) is 0 Å². The predicted octanol–water partition coefficient (Wildman–Crippen LogP) is 4.18. The van der Waals surface area contributed by atoms with Crippen LogP contribution in [0.2, 0.25) is 0 Å². The van der Waals surface area contributed by atoms with E-state index in [1.54, 1.807) is 0 Å². The van der Waals surface area contributed by atoms with Crippen LogP contribution in [0.1, 0.15) is 52.5 Å². The number of carbonyl (C=O) groups is 2. The molecule has 0 amide bonds. The summed E-state index contributed by atoms with van der Waals surface area (Å²) < 4.78 is 16.0. The van der Waals surface area contributed by atoms with Gasteiger partial charge in [0, 0.05) is 0 Å². The third-order valence-corrected chi connectivity index (χ3v) is 5.28. The van der Waals surface area contributed by atoms with Crippen LogP contribution in [-0.4, -0.2) is 31.3 Å². The molecule has 0 aromatic heterocycles. The van der Waals surface area contributed by atoms with E-state index in [1.807, 2.05) is 24.3 Å². The van der Waals surface area contributed by atoms with Gasteiger partial charge in [-0.25, -0.2) is 9.59 Å².